The number of nitrogens with zero attached hydrogens (tertiary/aromatic N) is 2. The van der Waals surface area contributed by atoms with Crippen LogP contribution in [-0.4, -0.2) is 31.8 Å². The number of fused-ring (bicyclic) bond motifs is 1. The molecule has 0 saturated carbocycles. The van der Waals surface area contributed by atoms with E-state index in [0.29, 0.717) is 18.1 Å². The fraction of sp³-hybridized carbons (Fsp3) is 0.250. The Kier molecular flexibility index (Phi) is 5.19. The quantitative estimate of drug-likeness (QED) is 0.711. The van der Waals surface area contributed by atoms with Gasteiger partial charge >= 0.3 is 0 Å². The number of carbonyl (C=O) groups is 1. The van der Waals surface area contributed by atoms with E-state index in [0.717, 1.165) is 16.2 Å². The van der Waals surface area contributed by atoms with Crippen molar-refractivity contribution in [3.63, 3.8) is 0 Å². The van der Waals surface area contributed by atoms with Crippen molar-refractivity contribution in [3.05, 3.63) is 59.4 Å². The second-order valence-electron chi connectivity index (χ2n) is 5.13. The molecule has 0 unspecified atom stereocenters. The number of nitrogens with one attached hydrogen (secondary N) is 1. The number of imidazole rings is 1. The van der Waals surface area contributed by atoms with Crippen LogP contribution in [0.5, 0.6) is 0 Å². The van der Waals surface area contributed by atoms with Gasteiger partial charge in [0, 0.05) is 46.6 Å². The second-order valence-corrected chi connectivity index (χ2v) is 7.58. The van der Waals surface area contributed by atoms with Crippen molar-refractivity contribution in [3.8, 4) is 0 Å². The number of amides is 1. The third kappa shape index (κ3) is 4.49. The third-order valence-electron chi connectivity index (χ3n) is 3.31. The van der Waals surface area contributed by atoms with Crippen molar-refractivity contribution in [2.45, 2.75) is 12.2 Å². The van der Waals surface area contributed by atoms with Crippen molar-refractivity contribution >= 4 is 33.0 Å². The van der Waals surface area contributed by atoms with Crippen molar-refractivity contribution in [1.82, 2.24) is 14.7 Å². The summed E-state index contributed by atoms with van der Waals surface area (Å²) in [5.41, 5.74) is 1.80. The highest BCUT2D eigenvalue weighted by Gasteiger charge is 2.09. The largest absolute Gasteiger partial charge is 0.355 e. The average Bonchev–Trinajstić information content (AvgIpc) is 3.09. The first-order valence-electron chi connectivity index (χ1n) is 7.27. The minimum absolute atomic E-state index is 0.0903. The Morgan fingerprint density at radius 3 is 2.91 bits per heavy atom. The molecule has 5 nitrogen and oxygen atoms in total. The van der Waals surface area contributed by atoms with Gasteiger partial charge in [0.05, 0.1) is 12.1 Å². The molecule has 2 heterocycles. The summed E-state index contributed by atoms with van der Waals surface area (Å²) in [4.78, 5) is 17.2. The van der Waals surface area contributed by atoms with Gasteiger partial charge in [-0.15, -0.1) is 11.3 Å². The molecule has 0 aliphatic carbocycles. The number of rotatable bonds is 7. The van der Waals surface area contributed by atoms with E-state index in [1.54, 1.807) is 0 Å². The van der Waals surface area contributed by atoms with E-state index in [1.165, 1.54) is 11.3 Å². The lowest BCUT2D eigenvalue weighted by atomic mass is 10.2. The van der Waals surface area contributed by atoms with Crippen LogP contribution < -0.4 is 5.32 Å². The lowest BCUT2D eigenvalue weighted by Gasteiger charge is -2.05. The molecule has 0 spiro atoms. The molecule has 1 N–H and O–H groups in total. The summed E-state index contributed by atoms with van der Waals surface area (Å²) in [5.74, 6) is 0.889. The minimum atomic E-state index is -0.973. The van der Waals surface area contributed by atoms with Gasteiger partial charge in [0.2, 0.25) is 5.91 Å². The van der Waals surface area contributed by atoms with Gasteiger partial charge in [-0.3, -0.25) is 13.4 Å². The number of hydrogen-bond donors (Lipinski definition) is 1. The number of hydrogen-bond acceptors (Lipinski definition) is 4. The van der Waals surface area contributed by atoms with Gasteiger partial charge < -0.3 is 5.32 Å². The Balaban J connectivity index is 1.40. The summed E-state index contributed by atoms with van der Waals surface area (Å²) in [5, 5.41) is 4.76. The Labute approximate surface area is 140 Å². The fourth-order valence-corrected chi connectivity index (χ4v) is 3.98. The SMILES string of the molecule is O=C(Cc1cn2ccsc2n1)NCC[S@@](=O)Cc1ccccc1. The summed E-state index contributed by atoms with van der Waals surface area (Å²) < 4.78 is 13.9. The highest BCUT2D eigenvalue weighted by atomic mass is 32.2. The highest BCUT2D eigenvalue weighted by Crippen LogP contribution is 2.11. The zero-order valence-corrected chi connectivity index (χ0v) is 14.1. The summed E-state index contributed by atoms with van der Waals surface area (Å²) in [6.07, 6.45) is 4.03. The first kappa shape index (κ1) is 15.9. The predicted molar refractivity (Wildman–Crippen MR) is 92.9 cm³/mol. The van der Waals surface area contributed by atoms with Gasteiger partial charge in [-0.05, 0) is 5.56 Å². The molecule has 1 aromatic carbocycles. The maximum absolute atomic E-state index is 12.0. The van der Waals surface area contributed by atoms with E-state index in [4.69, 9.17) is 0 Å². The Bertz CT molecular complexity index is 782. The van der Waals surface area contributed by atoms with Crippen LogP contribution in [0.3, 0.4) is 0 Å². The summed E-state index contributed by atoms with van der Waals surface area (Å²) in [7, 11) is -0.973. The molecule has 1 atom stereocenters. The van der Waals surface area contributed by atoms with Crippen LogP contribution in [0.15, 0.2) is 48.1 Å². The number of aromatic nitrogens is 2. The fourth-order valence-electron chi connectivity index (χ4n) is 2.22. The van der Waals surface area contributed by atoms with Crippen LogP contribution in [0, 0.1) is 0 Å². The van der Waals surface area contributed by atoms with Gasteiger partial charge in [-0.2, -0.15) is 0 Å². The molecule has 0 bridgehead atoms. The molecule has 1 amide bonds. The van der Waals surface area contributed by atoms with Crippen molar-refractivity contribution in [1.29, 1.82) is 0 Å². The second kappa shape index (κ2) is 7.52. The predicted octanol–water partition coefficient (Wildman–Crippen LogP) is 2.00. The van der Waals surface area contributed by atoms with Gasteiger partial charge in [0.25, 0.3) is 0 Å². The summed E-state index contributed by atoms with van der Waals surface area (Å²) in [6, 6.07) is 9.72. The normalized spacial score (nSPS) is 12.3. The van der Waals surface area contributed by atoms with Crippen LogP contribution in [-0.2, 0) is 27.8 Å². The van der Waals surface area contributed by atoms with Crippen LogP contribution in [0.1, 0.15) is 11.3 Å². The lowest BCUT2D eigenvalue weighted by molar-refractivity contribution is -0.120. The van der Waals surface area contributed by atoms with Crippen LogP contribution in [0.25, 0.3) is 4.96 Å². The van der Waals surface area contributed by atoms with E-state index in [1.807, 2.05) is 52.5 Å². The Morgan fingerprint density at radius 1 is 1.30 bits per heavy atom. The lowest BCUT2D eigenvalue weighted by Crippen LogP contribution is -2.29. The standard InChI is InChI=1S/C16H17N3O2S2/c20-15(10-14-11-19-7-8-22-16(19)18-14)17-6-9-23(21)12-13-4-2-1-3-5-13/h1-5,7-8,11H,6,9-10,12H2,(H,17,20)/t23-/m1/s1. The van der Waals surface area contributed by atoms with Crippen molar-refractivity contribution < 1.29 is 9.00 Å². The van der Waals surface area contributed by atoms with Crippen molar-refractivity contribution in [2.24, 2.45) is 0 Å². The maximum atomic E-state index is 12.0. The molecule has 120 valence electrons. The molecule has 2 aromatic heterocycles. The zero-order chi connectivity index (χ0) is 16.1. The Hall–Kier alpha value is -1.99. The minimum Gasteiger partial charge on any atom is -0.355 e. The summed E-state index contributed by atoms with van der Waals surface area (Å²) in [6.45, 7) is 0.417. The Morgan fingerprint density at radius 2 is 2.13 bits per heavy atom. The molecule has 0 saturated heterocycles. The topological polar surface area (TPSA) is 63.5 Å². The van der Waals surface area contributed by atoms with E-state index >= 15 is 0 Å². The molecule has 3 aromatic rings. The molecular weight excluding hydrogens is 330 g/mol. The first-order chi connectivity index (χ1) is 11.2. The molecule has 23 heavy (non-hydrogen) atoms. The van der Waals surface area contributed by atoms with E-state index in [-0.39, 0.29) is 12.3 Å². The number of carbonyl (C=O) groups excluding carboxylic acids is 1. The van der Waals surface area contributed by atoms with Gasteiger partial charge in [0.1, 0.15) is 0 Å². The molecular formula is C16H17N3O2S2. The molecule has 0 fully saturated rings. The zero-order valence-electron chi connectivity index (χ0n) is 12.5. The van der Waals surface area contributed by atoms with Crippen molar-refractivity contribution in [2.75, 3.05) is 12.3 Å². The summed E-state index contributed by atoms with van der Waals surface area (Å²) >= 11 is 1.54. The van der Waals surface area contributed by atoms with E-state index in [2.05, 4.69) is 10.3 Å². The third-order valence-corrected chi connectivity index (χ3v) is 5.39. The van der Waals surface area contributed by atoms with Gasteiger partial charge in [-0.25, -0.2) is 4.98 Å². The molecule has 0 aliphatic heterocycles. The number of benzene rings is 1. The maximum Gasteiger partial charge on any atom is 0.226 e. The van der Waals surface area contributed by atoms with E-state index < -0.39 is 10.8 Å². The number of thiazole rings is 1. The van der Waals surface area contributed by atoms with Crippen LogP contribution in [0.4, 0.5) is 0 Å². The molecule has 0 radical (unpaired) electrons. The average molecular weight is 347 g/mol. The van der Waals surface area contributed by atoms with Gasteiger partial charge in [-0.1, -0.05) is 30.3 Å². The monoisotopic (exact) mass is 347 g/mol. The molecule has 0 aliphatic rings. The molecule has 7 heteroatoms. The van der Waals surface area contributed by atoms with E-state index in [9.17, 15) is 9.00 Å². The van der Waals surface area contributed by atoms with Crippen LogP contribution in [0.2, 0.25) is 0 Å². The van der Waals surface area contributed by atoms with Gasteiger partial charge in [0.15, 0.2) is 4.96 Å². The molecule has 3 rings (SSSR count). The first-order valence-corrected chi connectivity index (χ1v) is 9.64. The van der Waals surface area contributed by atoms with Crippen LogP contribution >= 0.6 is 11.3 Å². The smallest absolute Gasteiger partial charge is 0.226 e. The highest BCUT2D eigenvalue weighted by molar-refractivity contribution is 7.84.